The molecule has 0 radical (unpaired) electrons. The number of halogens is 2. The van der Waals surface area contributed by atoms with Crippen LogP contribution in [0.4, 0.5) is 5.69 Å². The Morgan fingerprint density at radius 3 is 2.38 bits per heavy atom. The smallest absolute Gasteiger partial charge is 0.231 e. The second kappa shape index (κ2) is 9.19. The summed E-state index contributed by atoms with van der Waals surface area (Å²) in [4.78, 5) is 15.7. The number of nitrogens with zero attached hydrogens (tertiary/aromatic N) is 2. The van der Waals surface area contributed by atoms with Gasteiger partial charge < -0.3 is 15.2 Å². The largest absolute Gasteiger partial charge is 0.454 e. The van der Waals surface area contributed by atoms with Gasteiger partial charge in [-0.3, -0.25) is 9.69 Å². The molecule has 184 valence electrons. The highest BCUT2D eigenvalue weighted by Crippen LogP contribution is 2.50. The van der Waals surface area contributed by atoms with Gasteiger partial charge in [-0.1, -0.05) is 59.6 Å². The van der Waals surface area contributed by atoms with Gasteiger partial charge in [-0.15, -0.1) is 0 Å². The minimum atomic E-state index is -0.635. The molecule has 2 N–H and O–H groups in total. The van der Waals surface area contributed by atoms with Crippen LogP contribution in [0.15, 0.2) is 89.4 Å². The van der Waals surface area contributed by atoms with E-state index in [1.54, 1.807) is 29.2 Å². The third-order valence-electron chi connectivity index (χ3n) is 7.07. The van der Waals surface area contributed by atoms with E-state index in [1.165, 1.54) is 0 Å². The van der Waals surface area contributed by atoms with Crippen molar-refractivity contribution in [3.05, 3.63) is 111 Å². The molecule has 3 aromatic carbocycles. The van der Waals surface area contributed by atoms with Crippen molar-refractivity contribution in [1.29, 1.82) is 5.26 Å². The molecule has 0 aromatic heterocycles. The molecule has 0 saturated heterocycles. The van der Waals surface area contributed by atoms with Crippen LogP contribution >= 0.6 is 23.2 Å². The lowest BCUT2D eigenvalue weighted by Gasteiger charge is -2.41. The Hall–Kier alpha value is -3.92. The van der Waals surface area contributed by atoms with Gasteiger partial charge in [0.2, 0.25) is 6.79 Å². The summed E-state index contributed by atoms with van der Waals surface area (Å²) in [5.41, 5.74) is 10.7. The second-order valence-electron chi connectivity index (χ2n) is 9.22. The molecule has 0 amide bonds. The van der Waals surface area contributed by atoms with Crippen LogP contribution < -0.4 is 20.1 Å². The van der Waals surface area contributed by atoms with Crippen molar-refractivity contribution in [3.63, 3.8) is 0 Å². The number of anilines is 1. The SMILES string of the molecule is N#CC1=C(N)N(c2cc(Cl)cc(Cl)c2)C2=C(C(=O)C[C@H](c3ccccc3)C2)[C@@H]1c1ccc2c(c1)OCO2. The summed E-state index contributed by atoms with van der Waals surface area (Å²) >= 11 is 12.7. The van der Waals surface area contributed by atoms with Crippen molar-refractivity contribution in [2.75, 3.05) is 11.7 Å². The quantitative estimate of drug-likeness (QED) is 0.421. The van der Waals surface area contributed by atoms with Crippen LogP contribution in [0.3, 0.4) is 0 Å². The summed E-state index contributed by atoms with van der Waals surface area (Å²) in [5.74, 6) is 0.728. The fraction of sp³-hybridized carbons (Fsp3) is 0.172. The van der Waals surface area contributed by atoms with E-state index in [9.17, 15) is 10.1 Å². The molecule has 0 unspecified atom stereocenters. The van der Waals surface area contributed by atoms with Crippen LogP contribution in [0, 0.1) is 11.3 Å². The maximum Gasteiger partial charge on any atom is 0.231 e. The zero-order valence-electron chi connectivity index (χ0n) is 19.6. The van der Waals surface area contributed by atoms with E-state index in [2.05, 4.69) is 6.07 Å². The van der Waals surface area contributed by atoms with E-state index < -0.39 is 5.92 Å². The molecule has 37 heavy (non-hydrogen) atoms. The third kappa shape index (κ3) is 4.01. The number of allylic oxidation sites excluding steroid dienone is 3. The highest BCUT2D eigenvalue weighted by atomic mass is 35.5. The average Bonchev–Trinajstić information content (AvgIpc) is 3.36. The number of hydrogen-bond acceptors (Lipinski definition) is 6. The summed E-state index contributed by atoms with van der Waals surface area (Å²) in [6.07, 6.45) is 0.877. The first kappa shape index (κ1) is 23.5. The number of carbonyl (C=O) groups is 1. The lowest BCUT2D eigenvalue weighted by atomic mass is 9.72. The molecule has 0 bridgehead atoms. The monoisotopic (exact) mass is 529 g/mol. The number of fused-ring (bicyclic) bond motifs is 1. The van der Waals surface area contributed by atoms with E-state index in [-0.39, 0.29) is 29.9 Å². The minimum absolute atomic E-state index is 0.0313. The highest BCUT2D eigenvalue weighted by molar-refractivity contribution is 6.35. The number of ketones is 1. The number of carbonyl (C=O) groups excluding carboxylic acids is 1. The van der Waals surface area contributed by atoms with Crippen molar-refractivity contribution in [3.8, 4) is 17.6 Å². The van der Waals surface area contributed by atoms with Crippen molar-refractivity contribution >= 4 is 34.7 Å². The van der Waals surface area contributed by atoms with Gasteiger partial charge in [-0.25, -0.2) is 0 Å². The first-order valence-corrected chi connectivity index (χ1v) is 12.6. The molecular weight excluding hydrogens is 509 g/mol. The molecule has 6 nitrogen and oxygen atoms in total. The summed E-state index contributed by atoms with van der Waals surface area (Å²) < 4.78 is 11.1. The average molecular weight is 530 g/mol. The molecule has 2 heterocycles. The number of nitriles is 1. The van der Waals surface area contributed by atoms with Gasteiger partial charge in [0, 0.05) is 27.7 Å². The van der Waals surface area contributed by atoms with E-state index in [0.29, 0.717) is 45.6 Å². The van der Waals surface area contributed by atoms with Gasteiger partial charge in [0.05, 0.1) is 23.2 Å². The predicted octanol–water partition coefficient (Wildman–Crippen LogP) is 6.42. The first-order valence-electron chi connectivity index (χ1n) is 11.8. The molecule has 2 aliphatic heterocycles. The fourth-order valence-corrected chi connectivity index (χ4v) is 5.99. The van der Waals surface area contributed by atoms with Crippen LogP contribution in [0.1, 0.15) is 35.8 Å². The maximum atomic E-state index is 13.9. The van der Waals surface area contributed by atoms with Crippen LogP contribution in [0.25, 0.3) is 0 Å². The summed E-state index contributed by atoms with van der Waals surface area (Å²) in [7, 11) is 0. The summed E-state index contributed by atoms with van der Waals surface area (Å²) in [5, 5.41) is 11.2. The molecule has 8 heteroatoms. The molecule has 6 rings (SSSR count). The Kier molecular flexibility index (Phi) is 5.83. The van der Waals surface area contributed by atoms with Gasteiger partial charge in [-0.2, -0.15) is 5.26 Å². The lowest BCUT2D eigenvalue weighted by Crippen LogP contribution is -2.40. The van der Waals surface area contributed by atoms with Crippen LogP contribution in [0.2, 0.25) is 10.0 Å². The topological polar surface area (TPSA) is 88.6 Å². The van der Waals surface area contributed by atoms with Gasteiger partial charge >= 0.3 is 0 Å². The first-order chi connectivity index (χ1) is 17.9. The Bertz CT molecular complexity index is 1520. The molecule has 0 spiro atoms. The Morgan fingerprint density at radius 2 is 1.65 bits per heavy atom. The number of benzene rings is 3. The minimum Gasteiger partial charge on any atom is -0.454 e. The normalized spacial score (nSPS) is 20.7. The van der Waals surface area contributed by atoms with Crippen molar-refractivity contribution in [2.45, 2.75) is 24.7 Å². The Balaban J connectivity index is 1.57. The van der Waals surface area contributed by atoms with Crippen molar-refractivity contribution in [1.82, 2.24) is 0 Å². The molecule has 3 aliphatic rings. The van der Waals surface area contributed by atoms with Crippen LogP contribution in [0.5, 0.6) is 11.5 Å². The van der Waals surface area contributed by atoms with E-state index in [1.807, 2.05) is 42.5 Å². The molecule has 3 aromatic rings. The molecular formula is C29H21Cl2N3O3. The van der Waals surface area contributed by atoms with Crippen molar-refractivity contribution < 1.29 is 14.3 Å². The fourth-order valence-electron chi connectivity index (χ4n) is 5.48. The molecule has 1 aliphatic carbocycles. The summed E-state index contributed by atoms with van der Waals surface area (Å²) in [6.45, 7) is 0.126. The van der Waals surface area contributed by atoms with Crippen molar-refractivity contribution in [2.24, 2.45) is 5.73 Å². The highest BCUT2D eigenvalue weighted by Gasteiger charge is 2.43. The maximum absolute atomic E-state index is 13.9. The van der Waals surface area contributed by atoms with E-state index >= 15 is 0 Å². The summed E-state index contributed by atoms with van der Waals surface area (Å²) in [6, 6.07) is 22.8. The molecule has 0 saturated carbocycles. The lowest BCUT2D eigenvalue weighted by molar-refractivity contribution is -0.116. The third-order valence-corrected chi connectivity index (χ3v) is 7.51. The number of hydrogen-bond donors (Lipinski definition) is 1. The van der Waals surface area contributed by atoms with Gasteiger partial charge in [0.25, 0.3) is 0 Å². The predicted molar refractivity (Wildman–Crippen MR) is 142 cm³/mol. The molecule has 0 fully saturated rings. The van der Waals surface area contributed by atoms with Gasteiger partial charge in [-0.05, 0) is 53.8 Å². The van der Waals surface area contributed by atoms with Crippen LogP contribution in [-0.4, -0.2) is 12.6 Å². The van der Waals surface area contributed by atoms with E-state index in [4.69, 9.17) is 38.4 Å². The second-order valence-corrected chi connectivity index (χ2v) is 10.1. The zero-order chi connectivity index (χ0) is 25.7. The van der Waals surface area contributed by atoms with Gasteiger partial charge in [0.15, 0.2) is 17.3 Å². The number of rotatable bonds is 3. The number of Topliss-reactive ketones (excluding diaryl/α,β-unsaturated/α-hetero) is 1. The van der Waals surface area contributed by atoms with Gasteiger partial charge in [0.1, 0.15) is 5.82 Å². The standard InChI is InChI=1S/C29H21Cl2N3O3/c30-19-11-20(31)13-21(12-19)34-23-8-18(16-4-2-1-3-5-16)9-24(35)28(23)27(22(14-32)29(34)33)17-6-7-25-26(10-17)37-15-36-25/h1-7,10-13,18,27H,8-9,15,33H2/t18-,27-/m1/s1. The van der Waals surface area contributed by atoms with Crippen LogP contribution in [-0.2, 0) is 4.79 Å². The Labute approximate surface area is 224 Å². The Morgan fingerprint density at radius 1 is 0.919 bits per heavy atom. The van der Waals surface area contributed by atoms with E-state index in [0.717, 1.165) is 16.8 Å². The number of nitrogens with two attached hydrogens (primary N) is 1. The zero-order valence-corrected chi connectivity index (χ0v) is 21.1. The molecule has 2 atom stereocenters. The number of ether oxygens (including phenoxy) is 2.